The highest BCUT2D eigenvalue weighted by Crippen LogP contribution is 2.41. The molecule has 0 unspecified atom stereocenters. The van der Waals surface area contributed by atoms with Crippen LogP contribution in [-0.4, -0.2) is 22.7 Å². The van der Waals surface area contributed by atoms with Gasteiger partial charge < -0.3 is 16.2 Å². The molecule has 1 aromatic heterocycles. The molecular weight excluding hydrogens is 418 g/mol. The summed E-state index contributed by atoms with van der Waals surface area (Å²) in [6, 6.07) is 1.85. The number of urea groups is 1. The Labute approximate surface area is 185 Å². The van der Waals surface area contributed by atoms with Gasteiger partial charge in [0.2, 0.25) is 0 Å². The highest BCUT2D eigenvalue weighted by atomic mass is 32.2. The molecule has 7 nitrogen and oxygen atoms in total. The van der Waals surface area contributed by atoms with Crippen molar-refractivity contribution in [3.05, 3.63) is 39.0 Å². The summed E-state index contributed by atoms with van der Waals surface area (Å²) < 4.78 is 0.978. The number of aromatic nitrogens is 1. The minimum absolute atomic E-state index is 0.106. The molecule has 0 saturated heterocycles. The smallest absolute Gasteiger partial charge is 0.316 e. The van der Waals surface area contributed by atoms with Crippen LogP contribution in [0.4, 0.5) is 10.5 Å². The Bertz CT molecular complexity index is 959. The fraction of sp³-hybridized carbons (Fsp3) is 0.476. The zero-order valence-corrected chi connectivity index (χ0v) is 18.9. The van der Waals surface area contributed by atoms with Crippen LogP contribution >= 0.6 is 23.3 Å². The zero-order chi connectivity index (χ0) is 21.9. The van der Waals surface area contributed by atoms with E-state index in [-0.39, 0.29) is 12.0 Å². The van der Waals surface area contributed by atoms with Gasteiger partial charge in [-0.1, -0.05) is 13.8 Å². The van der Waals surface area contributed by atoms with E-state index in [4.69, 9.17) is 16.0 Å². The molecular formula is C21H27N5O2S2. The Balaban J connectivity index is 0.000000187. The first kappa shape index (κ1) is 22.6. The van der Waals surface area contributed by atoms with Crippen molar-refractivity contribution in [1.82, 2.24) is 4.98 Å². The number of fused-ring (bicyclic) bond motifs is 2. The van der Waals surface area contributed by atoms with E-state index in [0.717, 1.165) is 81.2 Å². The van der Waals surface area contributed by atoms with Gasteiger partial charge in [-0.15, -0.1) is 11.3 Å². The van der Waals surface area contributed by atoms with Crippen LogP contribution in [0.5, 0.6) is 0 Å². The van der Waals surface area contributed by atoms with Crippen molar-refractivity contribution >= 4 is 35.0 Å². The summed E-state index contributed by atoms with van der Waals surface area (Å²) in [6.07, 6.45) is 7.61. The molecule has 1 heterocycles. The predicted octanol–water partition coefficient (Wildman–Crippen LogP) is 3.41. The molecule has 9 heteroatoms. The molecule has 0 spiro atoms. The third-order valence-electron chi connectivity index (χ3n) is 5.58. The number of rotatable bonds is 4. The Morgan fingerprint density at radius 1 is 1.27 bits per heavy atom. The molecule has 30 heavy (non-hydrogen) atoms. The SMILES string of the molecule is CC(C)(CO)c1ncc(SN)s1.N#Cc1c2c(c(NC(N)=O)c3c1CCC3)CCC2. The highest BCUT2D eigenvalue weighted by Gasteiger charge is 2.29. The minimum Gasteiger partial charge on any atom is -0.395 e. The maximum absolute atomic E-state index is 11.2. The standard InChI is InChI=1S/C14H15N3O.C7H12N2OS2/c15-7-12-8-3-1-5-10(8)13(17-14(16)18)11-6-2-4-9(11)12;1-7(2,4-10)6-9-3-5(11-6)12-8/h1-6H2,(H3,16,17,18);3,10H,4,8H2,1-2H3. The highest BCUT2D eigenvalue weighted by molar-refractivity contribution is 7.99. The summed E-state index contributed by atoms with van der Waals surface area (Å²) in [6.45, 7) is 4.02. The number of nitrogens with zero attached hydrogens (tertiary/aromatic N) is 2. The van der Waals surface area contributed by atoms with E-state index < -0.39 is 6.03 Å². The predicted molar refractivity (Wildman–Crippen MR) is 121 cm³/mol. The minimum atomic E-state index is -0.511. The summed E-state index contributed by atoms with van der Waals surface area (Å²) >= 11 is 2.72. The van der Waals surface area contributed by atoms with Gasteiger partial charge in [0.15, 0.2) is 0 Å². The molecule has 0 radical (unpaired) electrons. The second-order valence-corrected chi connectivity index (χ2v) is 10.1. The fourth-order valence-electron chi connectivity index (χ4n) is 4.06. The van der Waals surface area contributed by atoms with Crippen molar-refractivity contribution in [1.29, 1.82) is 5.26 Å². The van der Waals surface area contributed by atoms with Crippen LogP contribution in [0.2, 0.25) is 0 Å². The molecule has 160 valence electrons. The van der Waals surface area contributed by atoms with Gasteiger partial charge in [0, 0.05) is 11.1 Å². The largest absolute Gasteiger partial charge is 0.395 e. The number of thiazole rings is 1. The first-order valence-corrected chi connectivity index (χ1v) is 11.6. The third kappa shape index (κ3) is 4.47. The number of nitriles is 1. The van der Waals surface area contributed by atoms with Crippen LogP contribution in [0, 0.1) is 11.3 Å². The normalized spacial score (nSPS) is 14.4. The lowest BCUT2D eigenvalue weighted by Crippen LogP contribution is -2.21. The number of carbonyl (C=O) groups is 1. The number of aliphatic hydroxyl groups excluding tert-OH is 1. The Morgan fingerprint density at radius 3 is 2.27 bits per heavy atom. The quantitative estimate of drug-likeness (QED) is 0.532. The number of benzene rings is 1. The van der Waals surface area contributed by atoms with Gasteiger partial charge in [0.05, 0.1) is 28.6 Å². The molecule has 0 aliphatic heterocycles. The maximum Gasteiger partial charge on any atom is 0.316 e. The summed E-state index contributed by atoms with van der Waals surface area (Å²) in [5.41, 5.74) is 11.4. The molecule has 2 aliphatic rings. The number of carbonyl (C=O) groups excluding carboxylic acids is 1. The maximum atomic E-state index is 11.2. The lowest BCUT2D eigenvalue weighted by molar-refractivity contribution is 0.218. The summed E-state index contributed by atoms with van der Waals surface area (Å²) in [4.78, 5) is 15.4. The Hall–Kier alpha value is -2.12. The molecule has 2 amide bonds. The van der Waals surface area contributed by atoms with Gasteiger partial charge in [-0.25, -0.2) is 9.78 Å². The lowest BCUT2D eigenvalue weighted by Gasteiger charge is -2.17. The molecule has 0 bridgehead atoms. The molecule has 6 N–H and O–H groups in total. The van der Waals surface area contributed by atoms with Crippen molar-refractivity contribution in [2.24, 2.45) is 10.9 Å². The third-order valence-corrected chi connectivity index (χ3v) is 7.61. The van der Waals surface area contributed by atoms with Crippen LogP contribution in [0.15, 0.2) is 10.4 Å². The number of nitrogens with two attached hydrogens (primary N) is 2. The van der Waals surface area contributed by atoms with Crippen molar-refractivity contribution < 1.29 is 9.90 Å². The zero-order valence-electron chi connectivity index (χ0n) is 17.2. The van der Waals surface area contributed by atoms with E-state index in [1.54, 1.807) is 6.20 Å². The topological polar surface area (TPSA) is 138 Å². The second kappa shape index (κ2) is 9.35. The van der Waals surface area contributed by atoms with Gasteiger partial charge in [-0.3, -0.25) is 5.14 Å². The van der Waals surface area contributed by atoms with Gasteiger partial charge in [-0.2, -0.15) is 5.26 Å². The Morgan fingerprint density at radius 2 is 1.83 bits per heavy atom. The van der Waals surface area contributed by atoms with Crippen LogP contribution in [-0.2, 0) is 31.1 Å². The number of hydrogen-bond acceptors (Lipinski definition) is 7. The summed E-state index contributed by atoms with van der Waals surface area (Å²) in [5.74, 6) is 0. The van der Waals surface area contributed by atoms with Crippen LogP contribution in [0.1, 0.15) is 59.5 Å². The first-order valence-electron chi connectivity index (χ1n) is 9.92. The molecule has 2 aromatic rings. The number of hydrogen-bond donors (Lipinski definition) is 4. The van der Waals surface area contributed by atoms with Gasteiger partial charge in [0.1, 0.15) is 5.01 Å². The number of aliphatic hydroxyl groups is 1. The summed E-state index contributed by atoms with van der Waals surface area (Å²) in [5, 5.41) is 27.5. The molecule has 2 aliphatic carbocycles. The van der Waals surface area contributed by atoms with Crippen molar-refractivity contribution in [2.75, 3.05) is 11.9 Å². The average Bonchev–Trinajstić information content (AvgIpc) is 3.47. The van der Waals surface area contributed by atoms with E-state index >= 15 is 0 Å². The summed E-state index contributed by atoms with van der Waals surface area (Å²) in [7, 11) is 0. The van der Waals surface area contributed by atoms with Crippen molar-refractivity contribution in [3.8, 4) is 6.07 Å². The molecule has 0 fully saturated rings. The number of nitrogens with one attached hydrogen (secondary N) is 1. The number of primary amides is 1. The molecule has 0 saturated carbocycles. The van der Waals surface area contributed by atoms with Crippen molar-refractivity contribution in [2.45, 2.75) is 62.0 Å². The molecule has 1 aromatic carbocycles. The van der Waals surface area contributed by atoms with Crippen molar-refractivity contribution in [3.63, 3.8) is 0 Å². The fourth-order valence-corrected chi connectivity index (χ4v) is 5.34. The van der Waals surface area contributed by atoms with Gasteiger partial charge in [-0.05, 0) is 72.7 Å². The lowest BCUT2D eigenvalue weighted by atomic mass is 9.93. The monoisotopic (exact) mass is 445 g/mol. The number of anilines is 1. The average molecular weight is 446 g/mol. The number of amides is 2. The van der Waals surface area contributed by atoms with Gasteiger partial charge in [0.25, 0.3) is 0 Å². The van der Waals surface area contributed by atoms with E-state index in [2.05, 4.69) is 16.4 Å². The van der Waals surface area contributed by atoms with Crippen LogP contribution in [0.3, 0.4) is 0 Å². The van der Waals surface area contributed by atoms with E-state index in [1.165, 1.54) is 23.3 Å². The van der Waals surface area contributed by atoms with E-state index in [1.807, 2.05) is 13.8 Å². The van der Waals surface area contributed by atoms with Gasteiger partial charge >= 0.3 is 6.03 Å². The second-order valence-electron chi connectivity index (χ2n) is 8.12. The molecule has 4 rings (SSSR count). The Kier molecular flexibility index (Phi) is 7.03. The molecule has 0 atom stereocenters. The first-order chi connectivity index (χ1) is 14.3. The van der Waals surface area contributed by atoms with E-state index in [9.17, 15) is 10.1 Å². The van der Waals surface area contributed by atoms with Crippen LogP contribution < -0.4 is 16.2 Å². The van der Waals surface area contributed by atoms with Crippen LogP contribution in [0.25, 0.3) is 0 Å². The van der Waals surface area contributed by atoms with E-state index in [0.29, 0.717) is 0 Å².